The summed E-state index contributed by atoms with van der Waals surface area (Å²) < 4.78 is 20.6. The molecule has 0 aliphatic rings. The third kappa shape index (κ3) is 3.27. The number of nitrogens with zero attached hydrogens (tertiary/aromatic N) is 1. The highest BCUT2D eigenvalue weighted by molar-refractivity contribution is 5.81. The van der Waals surface area contributed by atoms with Gasteiger partial charge in [-0.15, -0.1) is 0 Å². The smallest absolute Gasteiger partial charge is 0.326 e. The van der Waals surface area contributed by atoms with Crippen molar-refractivity contribution in [2.24, 2.45) is 0 Å². The van der Waals surface area contributed by atoms with Crippen LogP contribution >= 0.6 is 0 Å². The predicted octanol–water partition coefficient (Wildman–Crippen LogP) is 2.12. The number of aromatic amines is 1. The minimum atomic E-state index is -0.313. The maximum absolute atomic E-state index is 13.3. The first-order valence-electron chi connectivity index (χ1n) is 7.42. The second-order valence-corrected chi connectivity index (χ2v) is 5.25. The molecule has 0 aliphatic heterocycles. The van der Waals surface area contributed by atoms with E-state index in [1.165, 1.54) is 12.1 Å². The van der Waals surface area contributed by atoms with Gasteiger partial charge in [0.2, 0.25) is 0 Å². The molecule has 0 atom stereocenters. The van der Waals surface area contributed by atoms with Crippen molar-refractivity contribution in [2.45, 2.75) is 6.54 Å². The number of rotatable bonds is 6. The molecule has 0 radical (unpaired) electrons. The minimum Gasteiger partial charge on any atom is -0.490 e. The molecule has 0 amide bonds. The average molecular weight is 315 g/mol. The van der Waals surface area contributed by atoms with E-state index in [-0.39, 0.29) is 11.5 Å². The largest absolute Gasteiger partial charge is 0.490 e. The maximum atomic E-state index is 13.3. The minimum absolute atomic E-state index is 0.242. The summed E-state index contributed by atoms with van der Waals surface area (Å²) >= 11 is 0. The van der Waals surface area contributed by atoms with E-state index in [1.54, 1.807) is 16.7 Å². The van der Waals surface area contributed by atoms with Crippen molar-refractivity contribution in [3.8, 4) is 5.75 Å². The number of H-pyrrole nitrogens is 1. The fraction of sp³-hybridized carbons (Fsp3) is 0.235. The number of benzene rings is 2. The molecule has 3 rings (SSSR count). The Bertz CT molecular complexity index is 870. The molecule has 0 aliphatic carbocycles. The molecule has 0 saturated heterocycles. The van der Waals surface area contributed by atoms with Crippen LogP contribution in [0.25, 0.3) is 11.0 Å². The fourth-order valence-electron chi connectivity index (χ4n) is 2.51. The van der Waals surface area contributed by atoms with Gasteiger partial charge in [0.1, 0.15) is 23.7 Å². The molecule has 3 aromatic rings. The number of nitrogens with one attached hydrogen (secondary N) is 2. The Kier molecular flexibility index (Phi) is 4.43. The number of para-hydroxylation sites is 1. The quantitative estimate of drug-likeness (QED) is 0.685. The number of imidazole rings is 1. The van der Waals surface area contributed by atoms with Gasteiger partial charge in [0.25, 0.3) is 0 Å². The van der Waals surface area contributed by atoms with Gasteiger partial charge in [0.15, 0.2) is 0 Å². The Labute approximate surface area is 132 Å². The van der Waals surface area contributed by atoms with Crippen molar-refractivity contribution in [2.75, 3.05) is 20.2 Å². The number of hydrogen-bond donors (Lipinski definition) is 2. The van der Waals surface area contributed by atoms with E-state index >= 15 is 0 Å². The Morgan fingerprint density at radius 3 is 2.87 bits per heavy atom. The molecule has 23 heavy (non-hydrogen) atoms. The lowest BCUT2D eigenvalue weighted by atomic mass is 10.2. The Balaban J connectivity index is 1.96. The molecule has 0 unspecified atom stereocenters. The lowest BCUT2D eigenvalue weighted by Crippen LogP contribution is -2.17. The van der Waals surface area contributed by atoms with Crippen LogP contribution in [0.2, 0.25) is 0 Å². The highest BCUT2D eigenvalue weighted by atomic mass is 19.1. The summed E-state index contributed by atoms with van der Waals surface area (Å²) in [6.45, 7) is 1.52. The first-order valence-corrected chi connectivity index (χ1v) is 7.42. The first-order chi connectivity index (χ1) is 11.2. The van der Waals surface area contributed by atoms with Crippen LogP contribution in [0, 0.1) is 5.82 Å². The van der Waals surface area contributed by atoms with Gasteiger partial charge in [0.05, 0.1) is 12.1 Å². The molecule has 0 spiro atoms. The number of ether oxygens (including phenoxy) is 1. The summed E-state index contributed by atoms with van der Waals surface area (Å²) in [6.07, 6.45) is 0. The second-order valence-electron chi connectivity index (χ2n) is 5.25. The molecule has 0 bridgehead atoms. The summed E-state index contributed by atoms with van der Waals surface area (Å²) in [5, 5.41) is 3.00. The van der Waals surface area contributed by atoms with Gasteiger partial charge >= 0.3 is 5.69 Å². The molecule has 0 saturated carbocycles. The predicted molar refractivity (Wildman–Crippen MR) is 87.5 cm³/mol. The van der Waals surface area contributed by atoms with Crippen molar-refractivity contribution in [1.29, 1.82) is 0 Å². The highest BCUT2D eigenvalue weighted by Crippen LogP contribution is 2.23. The van der Waals surface area contributed by atoms with Crippen LogP contribution in [0.5, 0.6) is 5.75 Å². The van der Waals surface area contributed by atoms with Gasteiger partial charge in [-0.05, 0) is 36.9 Å². The van der Waals surface area contributed by atoms with Gasteiger partial charge < -0.3 is 15.0 Å². The van der Waals surface area contributed by atoms with Gasteiger partial charge in [-0.1, -0.05) is 18.2 Å². The molecule has 2 aromatic carbocycles. The third-order valence-corrected chi connectivity index (χ3v) is 3.61. The standard InChI is InChI=1S/C17H18FN3O2/c1-19-8-9-23-15-7-3-6-14-16(15)20-17(22)21(14)11-12-4-2-5-13(18)10-12/h2-7,10,19H,8-9,11H2,1H3,(H,20,22). The molecule has 0 fully saturated rings. The number of halogens is 1. The molecular weight excluding hydrogens is 297 g/mol. The average Bonchev–Trinajstić information content (AvgIpc) is 2.85. The molecule has 120 valence electrons. The van der Waals surface area contributed by atoms with E-state index in [1.807, 2.05) is 25.2 Å². The number of hydrogen-bond acceptors (Lipinski definition) is 3. The van der Waals surface area contributed by atoms with Crippen LogP contribution in [-0.4, -0.2) is 29.8 Å². The van der Waals surface area contributed by atoms with E-state index in [4.69, 9.17) is 4.74 Å². The first kappa shape index (κ1) is 15.3. The summed E-state index contributed by atoms with van der Waals surface area (Å²) in [7, 11) is 1.85. The van der Waals surface area contributed by atoms with Gasteiger partial charge in [0, 0.05) is 6.54 Å². The molecule has 1 aromatic heterocycles. The fourth-order valence-corrected chi connectivity index (χ4v) is 2.51. The second kappa shape index (κ2) is 6.66. The number of likely N-dealkylation sites (N-methyl/N-ethyl adjacent to an activating group) is 1. The lowest BCUT2D eigenvalue weighted by Gasteiger charge is -2.07. The van der Waals surface area contributed by atoms with E-state index in [2.05, 4.69) is 10.3 Å². The molecule has 6 heteroatoms. The van der Waals surface area contributed by atoms with Crippen molar-refractivity contribution in [3.63, 3.8) is 0 Å². The molecular formula is C17H18FN3O2. The van der Waals surface area contributed by atoms with Crippen molar-refractivity contribution in [3.05, 3.63) is 64.3 Å². The Hall–Kier alpha value is -2.60. The SMILES string of the molecule is CNCCOc1cccc2c1[nH]c(=O)n2Cc1cccc(F)c1. The Morgan fingerprint density at radius 1 is 1.26 bits per heavy atom. The normalized spacial score (nSPS) is 11.0. The number of aromatic nitrogens is 2. The summed E-state index contributed by atoms with van der Waals surface area (Å²) in [5.74, 6) is 0.319. The van der Waals surface area contributed by atoms with Crippen LogP contribution in [0.15, 0.2) is 47.3 Å². The van der Waals surface area contributed by atoms with E-state index < -0.39 is 0 Å². The van der Waals surface area contributed by atoms with Gasteiger partial charge in [-0.2, -0.15) is 0 Å². The van der Waals surface area contributed by atoms with Gasteiger partial charge in [-0.25, -0.2) is 9.18 Å². The topological polar surface area (TPSA) is 59.0 Å². The summed E-state index contributed by atoms with van der Waals surface area (Å²) in [4.78, 5) is 15.1. The molecule has 5 nitrogen and oxygen atoms in total. The zero-order valence-electron chi connectivity index (χ0n) is 12.8. The molecule has 2 N–H and O–H groups in total. The highest BCUT2D eigenvalue weighted by Gasteiger charge is 2.11. The van der Waals surface area contributed by atoms with Crippen LogP contribution in [0.1, 0.15) is 5.56 Å². The maximum Gasteiger partial charge on any atom is 0.326 e. The van der Waals surface area contributed by atoms with Gasteiger partial charge in [-0.3, -0.25) is 4.57 Å². The van der Waals surface area contributed by atoms with Crippen LogP contribution in [-0.2, 0) is 6.54 Å². The van der Waals surface area contributed by atoms with Crippen LogP contribution in [0.3, 0.4) is 0 Å². The Morgan fingerprint density at radius 2 is 2.09 bits per heavy atom. The van der Waals surface area contributed by atoms with Crippen LogP contribution < -0.4 is 15.7 Å². The number of fused-ring (bicyclic) bond motifs is 1. The lowest BCUT2D eigenvalue weighted by molar-refractivity contribution is 0.321. The monoisotopic (exact) mass is 315 g/mol. The van der Waals surface area contributed by atoms with Crippen molar-refractivity contribution < 1.29 is 9.13 Å². The summed E-state index contributed by atoms with van der Waals surface area (Å²) in [5.41, 5.74) is 1.88. The van der Waals surface area contributed by atoms with Crippen LogP contribution in [0.4, 0.5) is 4.39 Å². The van der Waals surface area contributed by atoms with E-state index in [0.29, 0.717) is 31.0 Å². The summed E-state index contributed by atoms with van der Waals surface area (Å²) in [6, 6.07) is 11.7. The van der Waals surface area contributed by atoms with Crippen molar-refractivity contribution in [1.82, 2.24) is 14.9 Å². The zero-order chi connectivity index (χ0) is 16.2. The van der Waals surface area contributed by atoms with E-state index in [9.17, 15) is 9.18 Å². The van der Waals surface area contributed by atoms with Crippen molar-refractivity contribution >= 4 is 11.0 Å². The third-order valence-electron chi connectivity index (χ3n) is 3.61. The molecule has 1 heterocycles. The van der Waals surface area contributed by atoms with E-state index in [0.717, 1.165) is 11.1 Å². The zero-order valence-corrected chi connectivity index (χ0v) is 12.8.